The van der Waals surface area contributed by atoms with Gasteiger partial charge in [-0.1, -0.05) is 12.7 Å². The smallest absolute Gasteiger partial charge is 0.117 e. The van der Waals surface area contributed by atoms with E-state index in [0.717, 1.165) is 16.9 Å². The van der Waals surface area contributed by atoms with E-state index in [1.165, 1.54) is 0 Å². The van der Waals surface area contributed by atoms with E-state index in [4.69, 9.17) is 4.74 Å². The highest BCUT2D eigenvalue weighted by atomic mass is 16.5. The van der Waals surface area contributed by atoms with Crippen LogP contribution in [0.25, 0.3) is 0 Å². The molecule has 0 aliphatic carbocycles. The highest BCUT2D eigenvalue weighted by molar-refractivity contribution is 5.33. The Bertz CT molecular complexity index is 197. The zero-order chi connectivity index (χ0) is 8.85. The molecular weight excluding hydrogens is 136 g/mol. The van der Waals surface area contributed by atoms with E-state index in [1.807, 2.05) is 32.9 Å². The third kappa shape index (κ3) is 2.62. The summed E-state index contributed by atoms with van der Waals surface area (Å²) < 4.78 is 5.14. The summed E-state index contributed by atoms with van der Waals surface area (Å²) in [4.78, 5) is 0. The van der Waals surface area contributed by atoms with E-state index in [-0.39, 0.29) is 0 Å². The first-order chi connectivity index (χ1) is 5.17. The topological polar surface area (TPSA) is 9.23 Å². The molecule has 0 aromatic carbocycles. The first-order valence-electron chi connectivity index (χ1n) is 3.68. The molecule has 0 aromatic rings. The second-order valence-electron chi connectivity index (χ2n) is 2.37. The monoisotopic (exact) mass is 152 g/mol. The minimum atomic E-state index is 0.919. The van der Waals surface area contributed by atoms with Gasteiger partial charge in [-0.05, 0) is 38.0 Å². The Morgan fingerprint density at radius 1 is 1.36 bits per heavy atom. The standard InChI is InChI=1S/C10H16O/c1-6-8(3)9(4)10(7-2)11-5/h6-7H,1H2,2-5H3/b9-8-,10-7+. The Morgan fingerprint density at radius 2 is 1.91 bits per heavy atom. The van der Waals surface area contributed by atoms with E-state index in [2.05, 4.69) is 6.58 Å². The molecule has 0 aliphatic heterocycles. The lowest BCUT2D eigenvalue weighted by atomic mass is 10.1. The van der Waals surface area contributed by atoms with Crippen molar-refractivity contribution in [3.05, 3.63) is 35.6 Å². The predicted octanol–water partition coefficient (Wildman–Crippen LogP) is 3.06. The summed E-state index contributed by atoms with van der Waals surface area (Å²) in [5.41, 5.74) is 2.30. The second-order valence-corrected chi connectivity index (χ2v) is 2.37. The van der Waals surface area contributed by atoms with Gasteiger partial charge in [-0.15, -0.1) is 0 Å². The number of hydrogen-bond donors (Lipinski definition) is 0. The lowest BCUT2D eigenvalue weighted by Gasteiger charge is -2.07. The van der Waals surface area contributed by atoms with Crippen LogP contribution in [0.15, 0.2) is 35.6 Å². The van der Waals surface area contributed by atoms with Crippen LogP contribution >= 0.6 is 0 Å². The number of ether oxygens (including phenoxy) is 1. The Hall–Kier alpha value is -0.980. The van der Waals surface area contributed by atoms with Crippen molar-refractivity contribution >= 4 is 0 Å². The first-order valence-corrected chi connectivity index (χ1v) is 3.68. The molecule has 0 bridgehead atoms. The molecule has 1 heteroatoms. The summed E-state index contributed by atoms with van der Waals surface area (Å²) in [6.45, 7) is 9.69. The molecule has 0 radical (unpaired) electrons. The lowest BCUT2D eigenvalue weighted by molar-refractivity contribution is 0.299. The van der Waals surface area contributed by atoms with Gasteiger partial charge >= 0.3 is 0 Å². The van der Waals surface area contributed by atoms with Gasteiger partial charge in [0, 0.05) is 0 Å². The van der Waals surface area contributed by atoms with Crippen molar-refractivity contribution < 1.29 is 4.74 Å². The van der Waals surface area contributed by atoms with E-state index >= 15 is 0 Å². The van der Waals surface area contributed by atoms with Crippen LogP contribution in [0.4, 0.5) is 0 Å². The Labute approximate surface area is 69.1 Å². The van der Waals surface area contributed by atoms with Crippen LogP contribution in [0.3, 0.4) is 0 Å². The minimum absolute atomic E-state index is 0.919. The molecule has 0 aromatic heterocycles. The maximum Gasteiger partial charge on any atom is 0.117 e. The number of methoxy groups -OCH3 is 1. The molecule has 62 valence electrons. The number of rotatable bonds is 3. The minimum Gasteiger partial charge on any atom is -0.497 e. The maximum atomic E-state index is 5.14. The highest BCUT2D eigenvalue weighted by Gasteiger charge is 1.98. The zero-order valence-corrected chi connectivity index (χ0v) is 7.77. The maximum absolute atomic E-state index is 5.14. The van der Waals surface area contributed by atoms with Crippen molar-refractivity contribution in [3.8, 4) is 0 Å². The van der Waals surface area contributed by atoms with Gasteiger partial charge in [0.15, 0.2) is 0 Å². The Kier molecular flexibility index (Phi) is 4.35. The van der Waals surface area contributed by atoms with Gasteiger partial charge in [0.1, 0.15) is 5.76 Å². The normalized spacial score (nSPS) is 14.0. The summed E-state index contributed by atoms with van der Waals surface area (Å²) in [7, 11) is 1.68. The molecule has 0 aliphatic rings. The molecule has 0 atom stereocenters. The van der Waals surface area contributed by atoms with Crippen molar-refractivity contribution in [1.82, 2.24) is 0 Å². The van der Waals surface area contributed by atoms with Crippen LogP contribution in [0.5, 0.6) is 0 Å². The Balaban J connectivity index is 4.70. The van der Waals surface area contributed by atoms with Gasteiger partial charge in [0.05, 0.1) is 7.11 Å². The summed E-state index contributed by atoms with van der Waals surface area (Å²) >= 11 is 0. The molecule has 0 N–H and O–H groups in total. The summed E-state index contributed by atoms with van der Waals surface area (Å²) in [6, 6.07) is 0. The molecule has 0 rings (SSSR count). The molecule has 0 fully saturated rings. The zero-order valence-electron chi connectivity index (χ0n) is 7.77. The van der Waals surface area contributed by atoms with E-state index < -0.39 is 0 Å². The first kappa shape index (κ1) is 10.0. The summed E-state index contributed by atoms with van der Waals surface area (Å²) in [6.07, 6.45) is 3.78. The van der Waals surface area contributed by atoms with Crippen molar-refractivity contribution in [2.45, 2.75) is 20.8 Å². The van der Waals surface area contributed by atoms with Crippen molar-refractivity contribution in [2.24, 2.45) is 0 Å². The fraction of sp³-hybridized carbons (Fsp3) is 0.400. The quantitative estimate of drug-likeness (QED) is 0.446. The summed E-state index contributed by atoms with van der Waals surface area (Å²) in [5, 5.41) is 0. The van der Waals surface area contributed by atoms with Gasteiger partial charge in [-0.3, -0.25) is 0 Å². The molecule has 0 amide bonds. The van der Waals surface area contributed by atoms with Gasteiger partial charge < -0.3 is 4.74 Å². The molecular formula is C10H16O. The molecule has 0 saturated carbocycles. The average Bonchev–Trinajstić information content (AvgIpc) is 2.05. The van der Waals surface area contributed by atoms with Gasteiger partial charge in [0.25, 0.3) is 0 Å². The van der Waals surface area contributed by atoms with E-state index in [1.54, 1.807) is 7.11 Å². The molecule has 0 unspecified atom stereocenters. The fourth-order valence-corrected chi connectivity index (χ4v) is 0.835. The van der Waals surface area contributed by atoms with Crippen LogP contribution < -0.4 is 0 Å². The SMILES string of the molecule is C=C/C(C)=C(C)\C(=C/C)OC. The van der Waals surface area contributed by atoms with E-state index in [0.29, 0.717) is 0 Å². The third-order valence-corrected chi connectivity index (χ3v) is 1.75. The molecule has 0 heterocycles. The largest absolute Gasteiger partial charge is 0.497 e. The fourth-order valence-electron chi connectivity index (χ4n) is 0.835. The van der Waals surface area contributed by atoms with Crippen LogP contribution in [-0.2, 0) is 4.74 Å². The lowest BCUT2D eigenvalue weighted by Crippen LogP contribution is -1.90. The number of hydrogen-bond acceptors (Lipinski definition) is 1. The number of allylic oxidation sites excluding steroid dienone is 4. The van der Waals surface area contributed by atoms with Crippen molar-refractivity contribution in [3.63, 3.8) is 0 Å². The van der Waals surface area contributed by atoms with Gasteiger partial charge in [-0.25, -0.2) is 0 Å². The highest BCUT2D eigenvalue weighted by Crippen LogP contribution is 2.14. The molecule has 0 spiro atoms. The van der Waals surface area contributed by atoms with Crippen LogP contribution in [0.2, 0.25) is 0 Å². The van der Waals surface area contributed by atoms with Crippen molar-refractivity contribution in [1.29, 1.82) is 0 Å². The second kappa shape index (κ2) is 4.78. The molecule has 1 nitrogen and oxygen atoms in total. The Morgan fingerprint density at radius 3 is 2.18 bits per heavy atom. The van der Waals surface area contributed by atoms with Crippen LogP contribution in [0.1, 0.15) is 20.8 Å². The molecule has 11 heavy (non-hydrogen) atoms. The molecule has 0 saturated heterocycles. The van der Waals surface area contributed by atoms with Crippen LogP contribution in [-0.4, -0.2) is 7.11 Å². The van der Waals surface area contributed by atoms with Crippen LogP contribution in [0, 0.1) is 0 Å². The van der Waals surface area contributed by atoms with Crippen molar-refractivity contribution in [2.75, 3.05) is 7.11 Å². The predicted molar refractivity (Wildman–Crippen MR) is 49.3 cm³/mol. The summed E-state index contributed by atoms with van der Waals surface area (Å²) in [5.74, 6) is 0.919. The average molecular weight is 152 g/mol. The van der Waals surface area contributed by atoms with Gasteiger partial charge in [0.2, 0.25) is 0 Å². The third-order valence-electron chi connectivity index (χ3n) is 1.75. The van der Waals surface area contributed by atoms with Gasteiger partial charge in [-0.2, -0.15) is 0 Å². The van der Waals surface area contributed by atoms with E-state index in [9.17, 15) is 0 Å².